The minimum Gasteiger partial charge on any atom is -0.313 e. The van der Waals surface area contributed by atoms with Crippen LogP contribution in [0.5, 0.6) is 0 Å². The summed E-state index contributed by atoms with van der Waals surface area (Å²) in [6.45, 7) is 1.10. The van der Waals surface area contributed by atoms with E-state index in [9.17, 15) is 0 Å². The highest BCUT2D eigenvalue weighted by molar-refractivity contribution is 7.07. The van der Waals surface area contributed by atoms with Gasteiger partial charge in [-0.05, 0) is 47.2 Å². The Morgan fingerprint density at radius 1 is 1.17 bits per heavy atom. The smallest absolute Gasteiger partial charge is 0.00684 e. The van der Waals surface area contributed by atoms with Crippen molar-refractivity contribution in [3.63, 3.8) is 0 Å². The minimum absolute atomic E-state index is 0.599. The molecule has 0 amide bonds. The molecule has 1 saturated carbocycles. The third-order valence-corrected chi connectivity index (χ3v) is 4.30. The molecule has 1 nitrogen and oxygen atoms in total. The Hall–Kier alpha value is -1.12. The van der Waals surface area contributed by atoms with Gasteiger partial charge in [0.15, 0.2) is 0 Å². The summed E-state index contributed by atoms with van der Waals surface area (Å²) in [5, 5.41) is 8.11. The number of thiophene rings is 1. The third-order valence-electron chi connectivity index (χ3n) is 3.56. The van der Waals surface area contributed by atoms with E-state index in [2.05, 4.69) is 52.5 Å². The first-order chi connectivity index (χ1) is 8.92. The first-order valence-corrected chi connectivity index (χ1v) is 7.65. The second kappa shape index (κ2) is 5.68. The minimum atomic E-state index is 0.599. The SMILES string of the molecule is c1ccc(C(CNC2CC2)Cc2ccsc2)cc1. The van der Waals surface area contributed by atoms with Gasteiger partial charge in [0, 0.05) is 18.5 Å². The van der Waals surface area contributed by atoms with Crippen molar-refractivity contribution in [1.82, 2.24) is 5.32 Å². The summed E-state index contributed by atoms with van der Waals surface area (Å²) in [5.41, 5.74) is 2.92. The van der Waals surface area contributed by atoms with E-state index < -0.39 is 0 Å². The van der Waals surface area contributed by atoms with Crippen LogP contribution in [0.15, 0.2) is 47.2 Å². The van der Waals surface area contributed by atoms with E-state index in [-0.39, 0.29) is 0 Å². The van der Waals surface area contributed by atoms with Gasteiger partial charge in [0.25, 0.3) is 0 Å². The molecule has 1 aliphatic carbocycles. The second-order valence-corrected chi connectivity index (χ2v) is 5.91. The molecule has 18 heavy (non-hydrogen) atoms. The number of nitrogens with one attached hydrogen (secondary N) is 1. The normalized spacial score (nSPS) is 16.7. The average molecular weight is 257 g/mol. The lowest BCUT2D eigenvalue weighted by Gasteiger charge is -2.17. The largest absolute Gasteiger partial charge is 0.313 e. The summed E-state index contributed by atoms with van der Waals surface area (Å²) in [7, 11) is 0. The maximum Gasteiger partial charge on any atom is 0.00684 e. The molecule has 1 N–H and O–H groups in total. The molecule has 0 saturated heterocycles. The van der Waals surface area contributed by atoms with E-state index in [4.69, 9.17) is 0 Å². The zero-order chi connectivity index (χ0) is 12.2. The van der Waals surface area contributed by atoms with Gasteiger partial charge in [-0.2, -0.15) is 11.3 Å². The monoisotopic (exact) mass is 257 g/mol. The van der Waals surface area contributed by atoms with E-state index in [1.165, 1.54) is 24.0 Å². The van der Waals surface area contributed by atoms with Crippen LogP contribution in [-0.2, 0) is 6.42 Å². The van der Waals surface area contributed by atoms with Crippen LogP contribution in [0.25, 0.3) is 0 Å². The van der Waals surface area contributed by atoms with Crippen LogP contribution in [0.3, 0.4) is 0 Å². The molecular formula is C16H19NS. The van der Waals surface area contributed by atoms with Crippen LogP contribution in [0.4, 0.5) is 0 Å². The first-order valence-electron chi connectivity index (χ1n) is 6.71. The molecule has 0 aliphatic heterocycles. The van der Waals surface area contributed by atoms with Crippen LogP contribution in [0.1, 0.15) is 29.9 Å². The van der Waals surface area contributed by atoms with Gasteiger partial charge in [0.1, 0.15) is 0 Å². The fourth-order valence-electron chi connectivity index (χ4n) is 2.32. The Morgan fingerprint density at radius 2 is 2.00 bits per heavy atom. The number of benzene rings is 1. The van der Waals surface area contributed by atoms with Gasteiger partial charge < -0.3 is 5.32 Å². The zero-order valence-corrected chi connectivity index (χ0v) is 11.3. The highest BCUT2D eigenvalue weighted by Gasteiger charge is 2.22. The maximum absolute atomic E-state index is 3.67. The molecule has 2 aromatic rings. The molecule has 2 heteroatoms. The van der Waals surface area contributed by atoms with Crippen LogP contribution in [0, 0.1) is 0 Å². The lowest BCUT2D eigenvalue weighted by molar-refractivity contribution is 0.577. The van der Waals surface area contributed by atoms with Gasteiger partial charge in [-0.1, -0.05) is 30.3 Å². The molecule has 3 rings (SSSR count). The Kier molecular flexibility index (Phi) is 3.77. The second-order valence-electron chi connectivity index (χ2n) is 5.13. The number of hydrogen-bond donors (Lipinski definition) is 1. The van der Waals surface area contributed by atoms with Gasteiger partial charge in [0.2, 0.25) is 0 Å². The summed E-state index contributed by atoms with van der Waals surface area (Å²) in [5.74, 6) is 0.599. The van der Waals surface area contributed by atoms with Crippen molar-refractivity contribution in [2.24, 2.45) is 0 Å². The molecule has 0 bridgehead atoms. The molecule has 0 radical (unpaired) electrons. The highest BCUT2D eigenvalue weighted by Crippen LogP contribution is 2.24. The molecule has 1 fully saturated rings. The van der Waals surface area contributed by atoms with Gasteiger partial charge in [-0.15, -0.1) is 0 Å². The van der Waals surface area contributed by atoms with Crippen molar-refractivity contribution in [3.8, 4) is 0 Å². The van der Waals surface area contributed by atoms with E-state index >= 15 is 0 Å². The van der Waals surface area contributed by atoms with Crippen LogP contribution < -0.4 is 5.32 Å². The average Bonchev–Trinajstić information content (AvgIpc) is 3.11. The number of rotatable bonds is 6. The Bertz CT molecular complexity index is 459. The molecule has 1 aliphatic rings. The standard InChI is InChI=1S/C16H19NS/c1-2-4-14(5-3-1)15(11-17-16-6-7-16)10-13-8-9-18-12-13/h1-5,8-9,12,15-17H,6-7,10-11H2. The number of hydrogen-bond acceptors (Lipinski definition) is 2. The van der Waals surface area contributed by atoms with E-state index in [1.807, 2.05) is 0 Å². The molecule has 1 unspecified atom stereocenters. The van der Waals surface area contributed by atoms with E-state index in [1.54, 1.807) is 11.3 Å². The maximum atomic E-state index is 3.67. The van der Waals surface area contributed by atoms with E-state index in [0.29, 0.717) is 5.92 Å². The Balaban J connectivity index is 1.70. The lowest BCUT2D eigenvalue weighted by atomic mass is 9.93. The lowest BCUT2D eigenvalue weighted by Crippen LogP contribution is -2.24. The Labute approximate surface area is 113 Å². The summed E-state index contributed by atoms with van der Waals surface area (Å²) < 4.78 is 0. The molecule has 94 valence electrons. The van der Waals surface area contributed by atoms with Crippen molar-refractivity contribution in [3.05, 3.63) is 58.3 Å². The molecule has 1 aromatic carbocycles. The van der Waals surface area contributed by atoms with Gasteiger partial charge in [-0.25, -0.2) is 0 Å². The summed E-state index contributed by atoms with van der Waals surface area (Å²) in [6, 6.07) is 13.9. The van der Waals surface area contributed by atoms with Gasteiger partial charge in [-0.3, -0.25) is 0 Å². The highest BCUT2D eigenvalue weighted by atomic mass is 32.1. The predicted molar refractivity (Wildman–Crippen MR) is 78.2 cm³/mol. The fraction of sp³-hybridized carbons (Fsp3) is 0.375. The van der Waals surface area contributed by atoms with Crippen molar-refractivity contribution >= 4 is 11.3 Å². The van der Waals surface area contributed by atoms with Gasteiger partial charge >= 0.3 is 0 Å². The quantitative estimate of drug-likeness (QED) is 0.829. The molecule has 1 heterocycles. The summed E-state index contributed by atoms with van der Waals surface area (Å²) in [4.78, 5) is 0. The van der Waals surface area contributed by atoms with Crippen LogP contribution in [0.2, 0.25) is 0 Å². The van der Waals surface area contributed by atoms with Crippen molar-refractivity contribution in [1.29, 1.82) is 0 Å². The molecule has 0 spiro atoms. The van der Waals surface area contributed by atoms with E-state index in [0.717, 1.165) is 19.0 Å². The van der Waals surface area contributed by atoms with Gasteiger partial charge in [0.05, 0.1) is 0 Å². The fourth-order valence-corrected chi connectivity index (χ4v) is 3.00. The predicted octanol–water partition coefficient (Wildman–Crippen LogP) is 3.83. The topological polar surface area (TPSA) is 12.0 Å². The zero-order valence-electron chi connectivity index (χ0n) is 10.5. The molecule has 1 aromatic heterocycles. The third kappa shape index (κ3) is 3.21. The summed E-state index contributed by atoms with van der Waals surface area (Å²) in [6.07, 6.45) is 3.87. The van der Waals surface area contributed by atoms with Crippen LogP contribution >= 0.6 is 11.3 Å². The van der Waals surface area contributed by atoms with Crippen molar-refractivity contribution in [2.45, 2.75) is 31.2 Å². The molecular weight excluding hydrogens is 238 g/mol. The molecule has 1 atom stereocenters. The summed E-state index contributed by atoms with van der Waals surface area (Å²) >= 11 is 1.79. The van der Waals surface area contributed by atoms with Crippen molar-refractivity contribution < 1.29 is 0 Å². The first kappa shape index (κ1) is 11.9. The van der Waals surface area contributed by atoms with Crippen LogP contribution in [-0.4, -0.2) is 12.6 Å². The Morgan fingerprint density at radius 3 is 2.67 bits per heavy atom. The van der Waals surface area contributed by atoms with Crippen molar-refractivity contribution in [2.75, 3.05) is 6.54 Å².